The Labute approximate surface area is 130 Å². The lowest BCUT2D eigenvalue weighted by Gasteiger charge is -2.19. The largest absolute Gasteiger partial charge is 0.350 e. The Morgan fingerprint density at radius 2 is 1.90 bits per heavy atom. The Kier molecular flexibility index (Phi) is 4.88. The third kappa shape index (κ3) is 3.83. The summed E-state index contributed by atoms with van der Waals surface area (Å²) in [6.07, 6.45) is 5.30. The zero-order valence-corrected chi connectivity index (χ0v) is 13.1. The van der Waals surface area contributed by atoms with Gasteiger partial charge in [-0.15, -0.1) is 11.3 Å². The molecule has 3 nitrogen and oxygen atoms in total. The number of carbonyl (C=O) groups is 1. The number of thiophene rings is 1. The van der Waals surface area contributed by atoms with Crippen molar-refractivity contribution in [1.29, 1.82) is 0 Å². The van der Waals surface area contributed by atoms with Gasteiger partial charge in [0.25, 0.3) is 5.91 Å². The van der Waals surface area contributed by atoms with Crippen LogP contribution in [0.25, 0.3) is 10.1 Å². The number of benzene rings is 1. The molecule has 4 heteroatoms. The Balaban J connectivity index is 1.51. The second-order valence-corrected chi connectivity index (χ2v) is 6.74. The Morgan fingerprint density at radius 1 is 1.14 bits per heavy atom. The molecule has 1 aliphatic rings. The van der Waals surface area contributed by atoms with Crippen molar-refractivity contribution >= 4 is 27.3 Å². The molecule has 0 unspecified atom stereocenters. The number of amides is 1. The number of hydrogen-bond acceptors (Lipinski definition) is 3. The van der Waals surface area contributed by atoms with Gasteiger partial charge in [0.05, 0.1) is 4.88 Å². The molecule has 0 radical (unpaired) electrons. The maximum atomic E-state index is 12.2. The minimum atomic E-state index is 0.0611. The van der Waals surface area contributed by atoms with Gasteiger partial charge in [-0.3, -0.25) is 4.79 Å². The van der Waals surface area contributed by atoms with E-state index >= 15 is 0 Å². The van der Waals surface area contributed by atoms with Gasteiger partial charge in [-0.05, 0) is 43.5 Å². The first-order chi connectivity index (χ1) is 10.3. The first kappa shape index (κ1) is 14.5. The smallest absolute Gasteiger partial charge is 0.261 e. The summed E-state index contributed by atoms with van der Waals surface area (Å²) in [5, 5.41) is 4.21. The van der Waals surface area contributed by atoms with Crippen LogP contribution in [0.3, 0.4) is 0 Å². The van der Waals surface area contributed by atoms with Crippen LogP contribution in [-0.4, -0.2) is 37.0 Å². The molecule has 1 aliphatic heterocycles. The van der Waals surface area contributed by atoms with Crippen molar-refractivity contribution in [1.82, 2.24) is 10.2 Å². The number of fused-ring (bicyclic) bond motifs is 1. The fraction of sp³-hybridized carbons (Fsp3) is 0.471. The number of likely N-dealkylation sites (tertiary alicyclic amines) is 1. The van der Waals surface area contributed by atoms with Crippen molar-refractivity contribution in [3.05, 3.63) is 35.2 Å². The van der Waals surface area contributed by atoms with Crippen LogP contribution in [0.2, 0.25) is 0 Å². The van der Waals surface area contributed by atoms with Crippen LogP contribution < -0.4 is 5.32 Å². The highest BCUT2D eigenvalue weighted by Crippen LogP contribution is 2.24. The van der Waals surface area contributed by atoms with Crippen molar-refractivity contribution < 1.29 is 4.79 Å². The Morgan fingerprint density at radius 3 is 2.67 bits per heavy atom. The highest BCUT2D eigenvalue weighted by Gasteiger charge is 2.11. The number of carbonyl (C=O) groups excluding carboxylic acids is 1. The summed E-state index contributed by atoms with van der Waals surface area (Å²) in [6.45, 7) is 4.07. The molecule has 0 saturated carbocycles. The summed E-state index contributed by atoms with van der Waals surface area (Å²) < 4.78 is 1.18. The Hall–Kier alpha value is -1.39. The molecule has 2 heterocycles. The number of hydrogen-bond donors (Lipinski definition) is 1. The van der Waals surface area contributed by atoms with Crippen molar-refractivity contribution in [2.75, 3.05) is 26.2 Å². The second kappa shape index (κ2) is 7.05. The van der Waals surface area contributed by atoms with Crippen molar-refractivity contribution in [2.24, 2.45) is 0 Å². The van der Waals surface area contributed by atoms with Gasteiger partial charge in [0.1, 0.15) is 0 Å². The quantitative estimate of drug-likeness (QED) is 0.937. The Bertz CT molecular complexity index is 567. The predicted octanol–water partition coefficient (Wildman–Crippen LogP) is 3.51. The lowest BCUT2D eigenvalue weighted by molar-refractivity contribution is 0.0952. The van der Waals surface area contributed by atoms with Gasteiger partial charge in [0.15, 0.2) is 0 Å². The molecule has 1 saturated heterocycles. The third-order valence-electron chi connectivity index (χ3n) is 4.06. The number of nitrogens with one attached hydrogen (secondary N) is 1. The van der Waals surface area contributed by atoms with E-state index in [9.17, 15) is 4.79 Å². The molecule has 1 N–H and O–H groups in total. The minimum absolute atomic E-state index is 0.0611. The fourth-order valence-electron chi connectivity index (χ4n) is 2.87. The topological polar surface area (TPSA) is 32.3 Å². The molecular formula is C17H22N2OS. The van der Waals surface area contributed by atoms with Gasteiger partial charge in [-0.1, -0.05) is 31.0 Å². The molecule has 1 fully saturated rings. The van der Waals surface area contributed by atoms with E-state index < -0.39 is 0 Å². The van der Waals surface area contributed by atoms with Crippen LogP contribution in [0.1, 0.15) is 35.4 Å². The predicted molar refractivity (Wildman–Crippen MR) is 89.1 cm³/mol. The highest BCUT2D eigenvalue weighted by molar-refractivity contribution is 7.20. The van der Waals surface area contributed by atoms with Gasteiger partial charge in [0.2, 0.25) is 0 Å². The normalized spacial score (nSPS) is 16.8. The molecule has 112 valence electrons. The number of rotatable bonds is 4. The SMILES string of the molecule is O=C(NCCN1CCCCCC1)c1cc2ccccc2s1. The zero-order chi connectivity index (χ0) is 14.5. The fourth-order valence-corrected chi connectivity index (χ4v) is 3.85. The maximum absolute atomic E-state index is 12.2. The van der Waals surface area contributed by atoms with Gasteiger partial charge in [0, 0.05) is 17.8 Å². The average molecular weight is 302 g/mol. The van der Waals surface area contributed by atoms with E-state index in [1.165, 1.54) is 43.5 Å². The van der Waals surface area contributed by atoms with E-state index in [4.69, 9.17) is 0 Å². The molecule has 1 amide bonds. The van der Waals surface area contributed by atoms with Gasteiger partial charge in [-0.25, -0.2) is 0 Å². The van der Waals surface area contributed by atoms with Gasteiger partial charge >= 0.3 is 0 Å². The lowest BCUT2D eigenvalue weighted by Crippen LogP contribution is -2.35. The van der Waals surface area contributed by atoms with E-state index in [0.717, 1.165) is 23.4 Å². The van der Waals surface area contributed by atoms with Crippen LogP contribution in [0, 0.1) is 0 Å². The van der Waals surface area contributed by atoms with Crippen LogP contribution in [0.5, 0.6) is 0 Å². The highest BCUT2D eigenvalue weighted by atomic mass is 32.1. The zero-order valence-electron chi connectivity index (χ0n) is 12.3. The van der Waals surface area contributed by atoms with Crippen molar-refractivity contribution in [2.45, 2.75) is 25.7 Å². The summed E-state index contributed by atoms with van der Waals surface area (Å²) >= 11 is 1.57. The van der Waals surface area contributed by atoms with E-state index in [1.54, 1.807) is 11.3 Å². The van der Waals surface area contributed by atoms with Crippen LogP contribution >= 0.6 is 11.3 Å². The minimum Gasteiger partial charge on any atom is -0.350 e. The van der Waals surface area contributed by atoms with Crippen LogP contribution in [-0.2, 0) is 0 Å². The maximum Gasteiger partial charge on any atom is 0.261 e. The molecule has 2 aromatic rings. The molecule has 0 aliphatic carbocycles. The van der Waals surface area contributed by atoms with Crippen LogP contribution in [0.4, 0.5) is 0 Å². The molecule has 21 heavy (non-hydrogen) atoms. The molecule has 1 aromatic carbocycles. The molecule has 0 spiro atoms. The number of nitrogens with zero attached hydrogens (tertiary/aromatic N) is 1. The first-order valence-corrected chi connectivity index (χ1v) is 8.64. The summed E-state index contributed by atoms with van der Waals surface area (Å²) in [7, 11) is 0. The molecule has 1 aromatic heterocycles. The summed E-state index contributed by atoms with van der Waals surface area (Å²) in [5.41, 5.74) is 0. The molecule has 3 rings (SSSR count). The van der Waals surface area contributed by atoms with E-state index in [2.05, 4.69) is 22.3 Å². The van der Waals surface area contributed by atoms with Gasteiger partial charge < -0.3 is 10.2 Å². The lowest BCUT2D eigenvalue weighted by atomic mass is 10.2. The van der Waals surface area contributed by atoms with Crippen LogP contribution in [0.15, 0.2) is 30.3 Å². The second-order valence-electron chi connectivity index (χ2n) is 5.66. The van der Waals surface area contributed by atoms with E-state index in [-0.39, 0.29) is 5.91 Å². The third-order valence-corrected chi connectivity index (χ3v) is 5.18. The van der Waals surface area contributed by atoms with Crippen molar-refractivity contribution in [3.63, 3.8) is 0 Å². The molecule has 0 bridgehead atoms. The molecule has 0 atom stereocenters. The standard InChI is InChI=1S/C17H22N2OS/c20-17(16-13-14-7-3-4-8-15(14)21-16)18-9-12-19-10-5-1-2-6-11-19/h3-4,7-8,13H,1-2,5-6,9-12H2,(H,18,20). The average Bonchev–Trinajstić information content (AvgIpc) is 2.77. The summed E-state index contributed by atoms with van der Waals surface area (Å²) in [5.74, 6) is 0.0611. The van der Waals surface area contributed by atoms with Gasteiger partial charge in [-0.2, -0.15) is 0 Å². The summed E-state index contributed by atoms with van der Waals surface area (Å²) in [6, 6.07) is 10.1. The van der Waals surface area contributed by atoms with Crippen molar-refractivity contribution in [3.8, 4) is 0 Å². The summed E-state index contributed by atoms with van der Waals surface area (Å²) in [4.78, 5) is 15.5. The molecular weight excluding hydrogens is 280 g/mol. The monoisotopic (exact) mass is 302 g/mol. The van der Waals surface area contributed by atoms with E-state index in [1.807, 2.05) is 18.2 Å². The first-order valence-electron chi connectivity index (χ1n) is 7.82. The van der Waals surface area contributed by atoms with E-state index in [0.29, 0.717) is 0 Å².